The highest BCUT2D eigenvalue weighted by molar-refractivity contribution is 5.78. The van der Waals surface area contributed by atoms with Gasteiger partial charge in [-0.3, -0.25) is 9.69 Å². The zero-order valence-electron chi connectivity index (χ0n) is 14.7. The highest BCUT2D eigenvalue weighted by atomic mass is 16.5. The van der Waals surface area contributed by atoms with Gasteiger partial charge in [0.1, 0.15) is 5.75 Å². The number of rotatable bonds is 8. The SMILES string of the molecule is CCN(CC(=O)N(C)Cc1cccc(OC)c1)Cc1ccccc1. The summed E-state index contributed by atoms with van der Waals surface area (Å²) in [7, 11) is 3.49. The largest absolute Gasteiger partial charge is 0.497 e. The molecule has 0 aliphatic carbocycles. The van der Waals surface area contributed by atoms with E-state index in [0.717, 1.165) is 24.4 Å². The van der Waals surface area contributed by atoms with Gasteiger partial charge in [0.05, 0.1) is 13.7 Å². The first-order valence-electron chi connectivity index (χ1n) is 8.25. The minimum Gasteiger partial charge on any atom is -0.497 e. The Kier molecular flexibility index (Phi) is 6.82. The minimum absolute atomic E-state index is 0.121. The van der Waals surface area contributed by atoms with E-state index in [4.69, 9.17) is 4.74 Å². The molecule has 2 rings (SSSR count). The van der Waals surface area contributed by atoms with Crippen LogP contribution in [0, 0.1) is 0 Å². The van der Waals surface area contributed by atoms with Crippen LogP contribution in [0.1, 0.15) is 18.1 Å². The van der Waals surface area contributed by atoms with Crippen molar-refractivity contribution in [3.8, 4) is 5.75 Å². The average Bonchev–Trinajstić information content (AvgIpc) is 2.62. The molecule has 128 valence electrons. The van der Waals surface area contributed by atoms with Crippen LogP contribution in [0.2, 0.25) is 0 Å². The summed E-state index contributed by atoms with van der Waals surface area (Å²) in [6.07, 6.45) is 0. The van der Waals surface area contributed by atoms with Crippen LogP contribution in [0.3, 0.4) is 0 Å². The summed E-state index contributed by atoms with van der Waals surface area (Å²) in [5.41, 5.74) is 2.29. The maximum absolute atomic E-state index is 12.5. The Balaban J connectivity index is 1.91. The fourth-order valence-electron chi connectivity index (χ4n) is 2.57. The van der Waals surface area contributed by atoms with Crippen molar-refractivity contribution < 1.29 is 9.53 Å². The van der Waals surface area contributed by atoms with Crippen LogP contribution in [0.4, 0.5) is 0 Å². The second kappa shape index (κ2) is 9.08. The monoisotopic (exact) mass is 326 g/mol. The molecule has 0 spiro atoms. The summed E-state index contributed by atoms with van der Waals surface area (Å²) in [5, 5.41) is 0. The molecule has 0 N–H and O–H groups in total. The van der Waals surface area contributed by atoms with Crippen molar-refractivity contribution in [3.63, 3.8) is 0 Å². The van der Waals surface area contributed by atoms with Crippen LogP contribution in [-0.2, 0) is 17.9 Å². The Morgan fingerprint density at radius 1 is 1.00 bits per heavy atom. The van der Waals surface area contributed by atoms with Crippen LogP contribution in [0.25, 0.3) is 0 Å². The van der Waals surface area contributed by atoms with Gasteiger partial charge in [-0.2, -0.15) is 0 Å². The Bertz CT molecular complexity index is 643. The van der Waals surface area contributed by atoms with Crippen molar-refractivity contribution in [2.24, 2.45) is 0 Å². The molecule has 2 aromatic carbocycles. The highest BCUT2D eigenvalue weighted by Gasteiger charge is 2.14. The van der Waals surface area contributed by atoms with Gasteiger partial charge in [-0.1, -0.05) is 49.4 Å². The molecule has 4 heteroatoms. The van der Waals surface area contributed by atoms with E-state index in [1.54, 1.807) is 12.0 Å². The van der Waals surface area contributed by atoms with Gasteiger partial charge < -0.3 is 9.64 Å². The minimum atomic E-state index is 0.121. The van der Waals surface area contributed by atoms with Crippen molar-refractivity contribution in [2.75, 3.05) is 27.2 Å². The molecule has 24 heavy (non-hydrogen) atoms. The van der Waals surface area contributed by atoms with Gasteiger partial charge in [-0.25, -0.2) is 0 Å². The predicted octanol–water partition coefficient (Wildman–Crippen LogP) is 3.18. The standard InChI is InChI=1S/C20H26N2O2/c1-4-22(15-17-9-6-5-7-10-17)16-20(23)21(2)14-18-11-8-12-19(13-18)24-3/h5-13H,4,14-16H2,1-3H3. The van der Waals surface area contributed by atoms with Crippen LogP contribution < -0.4 is 4.74 Å². The smallest absolute Gasteiger partial charge is 0.236 e. The van der Waals surface area contributed by atoms with Crippen LogP contribution in [0.15, 0.2) is 54.6 Å². The third-order valence-electron chi connectivity index (χ3n) is 4.03. The zero-order valence-corrected chi connectivity index (χ0v) is 14.7. The van der Waals surface area contributed by atoms with Crippen molar-refractivity contribution in [1.82, 2.24) is 9.80 Å². The first-order chi connectivity index (χ1) is 11.6. The lowest BCUT2D eigenvalue weighted by atomic mass is 10.2. The summed E-state index contributed by atoms with van der Waals surface area (Å²) in [6, 6.07) is 18.1. The van der Waals surface area contributed by atoms with Crippen LogP contribution in [-0.4, -0.2) is 43.0 Å². The summed E-state index contributed by atoms with van der Waals surface area (Å²) in [6.45, 7) is 4.72. The van der Waals surface area contributed by atoms with Gasteiger partial charge in [0.2, 0.25) is 5.91 Å². The van der Waals surface area contributed by atoms with Crippen LogP contribution in [0.5, 0.6) is 5.75 Å². The van der Waals surface area contributed by atoms with E-state index in [0.29, 0.717) is 13.1 Å². The third-order valence-corrected chi connectivity index (χ3v) is 4.03. The molecule has 0 saturated heterocycles. The number of ether oxygens (including phenoxy) is 1. The second-order valence-corrected chi connectivity index (χ2v) is 5.89. The van der Waals surface area contributed by atoms with E-state index in [2.05, 4.69) is 24.0 Å². The molecule has 0 unspecified atom stereocenters. The number of carbonyl (C=O) groups is 1. The molecular weight excluding hydrogens is 300 g/mol. The fourth-order valence-corrected chi connectivity index (χ4v) is 2.57. The molecule has 0 radical (unpaired) electrons. The number of nitrogens with zero attached hydrogens (tertiary/aromatic N) is 2. The quantitative estimate of drug-likeness (QED) is 0.747. The van der Waals surface area contributed by atoms with Crippen molar-refractivity contribution in [2.45, 2.75) is 20.0 Å². The molecule has 0 saturated carbocycles. The van der Waals surface area contributed by atoms with Gasteiger partial charge >= 0.3 is 0 Å². The second-order valence-electron chi connectivity index (χ2n) is 5.89. The number of amides is 1. The summed E-state index contributed by atoms with van der Waals surface area (Å²) < 4.78 is 5.23. The van der Waals surface area contributed by atoms with Gasteiger partial charge in [0, 0.05) is 20.1 Å². The molecule has 2 aromatic rings. The summed E-state index contributed by atoms with van der Waals surface area (Å²) in [4.78, 5) is 16.4. The Labute approximate surface area is 144 Å². The maximum atomic E-state index is 12.5. The van der Waals surface area contributed by atoms with Gasteiger partial charge in [-0.15, -0.1) is 0 Å². The lowest BCUT2D eigenvalue weighted by Crippen LogP contribution is -2.37. The predicted molar refractivity (Wildman–Crippen MR) is 96.9 cm³/mol. The molecule has 0 aromatic heterocycles. The van der Waals surface area contributed by atoms with Gasteiger partial charge in [-0.05, 0) is 29.8 Å². The number of benzene rings is 2. The first-order valence-corrected chi connectivity index (χ1v) is 8.25. The molecule has 0 bridgehead atoms. The third kappa shape index (κ3) is 5.39. The lowest BCUT2D eigenvalue weighted by Gasteiger charge is -2.24. The van der Waals surface area contributed by atoms with Crippen molar-refractivity contribution >= 4 is 5.91 Å². The summed E-state index contributed by atoms with van der Waals surface area (Å²) in [5.74, 6) is 0.934. The molecule has 0 atom stereocenters. The first kappa shape index (κ1) is 18.0. The van der Waals surface area contributed by atoms with E-state index < -0.39 is 0 Å². The average molecular weight is 326 g/mol. The number of hydrogen-bond acceptors (Lipinski definition) is 3. The van der Waals surface area contributed by atoms with Crippen LogP contribution >= 0.6 is 0 Å². The Hall–Kier alpha value is -2.33. The fraction of sp³-hybridized carbons (Fsp3) is 0.350. The van der Waals surface area contributed by atoms with Gasteiger partial charge in [0.25, 0.3) is 0 Å². The molecule has 0 aliphatic heterocycles. The van der Waals surface area contributed by atoms with E-state index in [1.807, 2.05) is 49.5 Å². The highest BCUT2D eigenvalue weighted by Crippen LogP contribution is 2.14. The van der Waals surface area contributed by atoms with E-state index in [9.17, 15) is 4.79 Å². The van der Waals surface area contributed by atoms with E-state index in [1.165, 1.54) is 5.56 Å². The number of methoxy groups -OCH3 is 1. The molecular formula is C20H26N2O2. The molecule has 0 heterocycles. The van der Waals surface area contributed by atoms with Crippen molar-refractivity contribution in [3.05, 3.63) is 65.7 Å². The van der Waals surface area contributed by atoms with Gasteiger partial charge in [0.15, 0.2) is 0 Å². The normalized spacial score (nSPS) is 10.7. The Morgan fingerprint density at radius 2 is 1.71 bits per heavy atom. The zero-order chi connectivity index (χ0) is 17.4. The number of likely N-dealkylation sites (N-methyl/N-ethyl adjacent to an activating group) is 2. The van der Waals surface area contributed by atoms with E-state index in [-0.39, 0.29) is 5.91 Å². The molecule has 1 amide bonds. The number of carbonyl (C=O) groups excluding carboxylic acids is 1. The molecule has 0 fully saturated rings. The van der Waals surface area contributed by atoms with Crippen molar-refractivity contribution in [1.29, 1.82) is 0 Å². The Morgan fingerprint density at radius 3 is 2.38 bits per heavy atom. The summed E-state index contributed by atoms with van der Waals surface area (Å²) >= 11 is 0. The maximum Gasteiger partial charge on any atom is 0.236 e. The topological polar surface area (TPSA) is 32.8 Å². The molecule has 4 nitrogen and oxygen atoms in total. The lowest BCUT2D eigenvalue weighted by molar-refractivity contribution is -0.131. The number of hydrogen-bond donors (Lipinski definition) is 0. The van der Waals surface area contributed by atoms with E-state index >= 15 is 0 Å². The molecule has 0 aliphatic rings.